The van der Waals surface area contributed by atoms with Gasteiger partial charge < -0.3 is 15.2 Å². The number of halogens is 1. The molecule has 7 heteroatoms. The van der Waals surface area contributed by atoms with E-state index in [0.29, 0.717) is 0 Å². The van der Waals surface area contributed by atoms with Crippen LogP contribution in [0.2, 0.25) is 0 Å². The summed E-state index contributed by atoms with van der Waals surface area (Å²) in [5, 5.41) is 11.0. The zero-order valence-electron chi connectivity index (χ0n) is 9.95. The molecule has 0 aliphatic heterocycles. The molecule has 0 bridgehead atoms. The Morgan fingerprint density at radius 1 is 1.35 bits per heavy atom. The van der Waals surface area contributed by atoms with Crippen molar-refractivity contribution in [2.45, 2.75) is 38.8 Å². The van der Waals surface area contributed by atoms with Gasteiger partial charge in [-0.25, -0.2) is 9.59 Å². The van der Waals surface area contributed by atoms with Crippen molar-refractivity contribution in [3.63, 3.8) is 0 Å². The second-order valence-corrected chi connectivity index (χ2v) is 4.97. The minimum absolute atomic E-state index is 0.0484. The number of carboxylic acids is 1. The van der Waals surface area contributed by atoms with Crippen LogP contribution in [0.3, 0.4) is 0 Å². The molecule has 0 rings (SSSR count). The van der Waals surface area contributed by atoms with E-state index in [1.165, 1.54) is 0 Å². The summed E-state index contributed by atoms with van der Waals surface area (Å²) in [6.07, 6.45) is -1.13. The van der Waals surface area contributed by atoms with Crippen LogP contribution < -0.4 is 5.32 Å². The van der Waals surface area contributed by atoms with Crippen molar-refractivity contribution in [2.24, 2.45) is 0 Å². The molecule has 0 unspecified atom stereocenters. The summed E-state index contributed by atoms with van der Waals surface area (Å²) in [5.41, 5.74) is -0.716. The summed E-state index contributed by atoms with van der Waals surface area (Å²) in [4.78, 5) is 33.2. The molecule has 0 radical (unpaired) electrons. The molecule has 0 aliphatic carbocycles. The summed E-state index contributed by atoms with van der Waals surface area (Å²) in [7, 11) is 0. The number of carbonyl (C=O) groups excluding carboxylic acids is 2. The van der Waals surface area contributed by atoms with Gasteiger partial charge in [0.25, 0.3) is 0 Å². The lowest BCUT2D eigenvalue weighted by molar-refractivity contribution is -0.141. The number of alkyl carbamates (subject to hydrolysis) is 1. The molecule has 0 saturated carbocycles. The van der Waals surface area contributed by atoms with Gasteiger partial charge in [0, 0.05) is 6.42 Å². The zero-order valence-corrected chi connectivity index (χ0v) is 11.5. The van der Waals surface area contributed by atoms with Crippen LogP contribution in [0, 0.1) is 0 Å². The number of hydrogen-bond acceptors (Lipinski definition) is 4. The molecule has 0 saturated heterocycles. The largest absolute Gasteiger partial charge is 0.480 e. The highest BCUT2D eigenvalue weighted by atomic mass is 79.9. The molecule has 17 heavy (non-hydrogen) atoms. The van der Waals surface area contributed by atoms with Crippen LogP contribution in [0.4, 0.5) is 4.79 Å². The van der Waals surface area contributed by atoms with Gasteiger partial charge in [0.15, 0.2) is 0 Å². The van der Waals surface area contributed by atoms with Crippen molar-refractivity contribution in [1.29, 1.82) is 0 Å². The van der Waals surface area contributed by atoms with Crippen LogP contribution in [-0.2, 0) is 14.3 Å². The fraction of sp³-hybridized carbons (Fsp3) is 0.700. The maximum atomic E-state index is 11.3. The molecule has 0 aliphatic rings. The Balaban J connectivity index is 4.41. The molecular formula is C10H16BrNO5. The average molecular weight is 310 g/mol. The smallest absolute Gasteiger partial charge is 0.408 e. The fourth-order valence-electron chi connectivity index (χ4n) is 0.932. The predicted molar refractivity (Wildman–Crippen MR) is 64.2 cm³/mol. The van der Waals surface area contributed by atoms with Gasteiger partial charge in [-0.2, -0.15) is 0 Å². The molecular weight excluding hydrogens is 294 g/mol. The average Bonchev–Trinajstić information content (AvgIpc) is 2.13. The second-order valence-electron chi connectivity index (χ2n) is 4.41. The summed E-state index contributed by atoms with van der Waals surface area (Å²) >= 11 is 2.92. The molecule has 0 fully saturated rings. The summed E-state index contributed by atoms with van der Waals surface area (Å²) in [6.45, 7) is 4.98. The van der Waals surface area contributed by atoms with Gasteiger partial charge in [0.05, 0.1) is 5.33 Å². The number of amides is 1. The van der Waals surface area contributed by atoms with Gasteiger partial charge in [-0.1, -0.05) is 15.9 Å². The molecule has 1 amide bonds. The first-order valence-electron chi connectivity index (χ1n) is 4.95. The van der Waals surface area contributed by atoms with Crippen molar-refractivity contribution in [3.8, 4) is 0 Å². The Kier molecular flexibility index (Phi) is 6.15. The molecule has 0 spiro atoms. The number of carbonyl (C=O) groups is 3. The quantitative estimate of drug-likeness (QED) is 0.747. The van der Waals surface area contributed by atoms with Crippen LogP contribution in [-0.4, -0.2) is 39.9 Å². The Bertz CT molecular complexity index is 310. The van der Waals surface area contributed by atoms with Crippen LogP contribution >= 0.6 is 15.9 Å². The van der Waals surface area contributed by atoms with Crippen molar-refractivity contribution in [1.82, 2.24) is 5.32 Å². The monoisotopic (exact) mass is 309 g/mol. The molecule has 0 heterocycles. The summed E-state index contributed by atoms with van der Waals surface area (Å²) in [6, 6.07) is -1.27. The number of aliphatic carboxylic acids is 1. The number of ether oxygens (including phenoxy) is 1. The highest BCUT2D eigenvalue weighted by Crippen LogP contribution is 2.07. The van der Waals surface area contributed by atoms with Crippen LogP contribution in [0.25, 0.3) is 0 Å². The fourth-order valence-corrected chi connectivity index (χ4v) is 1.16. The number of nitrogens with one attached hydrogen (secondary N) is 1. The number of rotatable bonds is 5. The number of ketones is 1. The molecule has 1 atom stereocenters. The van der Waals surface area contributed by atoms with E-state index >= 15 is 0 Å². The molecule has 0 aromatic rings. The van der Waals surface area contributed by atoms with Gasteiger partial charge in [0.2, 0.25) is 0 Å². The van der Waals surface area contributed by atoms with Gasteiger partial charge in [0.1, 0.15) is 17.4 Å². The number of hydrogen-bond donors (Lipinski definition) is 2. The normalized spacial score (nSPS) is 12.7. The lowest BCUT2D eigenvalue weighted by Gasteiger charge is -2.21. The van der Waals surface area contributed by atoms with Crippen molar-refractivity contribution >= 4 is 33.8 Å². The second kappa shape index (κ2) is 6.58. The molecule has 2 N–H and O–H groups in total. The first-order valence-corrected chi connectivity index (χ1v) is 6.08. The third-order valence-corrected chi connectivity index (χ3v) is 2.20. The maximum Gasteiger partial charge on any atom is 0.408 e. The Morgan fingerprint density at radius 2 is 1.88 bits per heavy atom. The van der Waals surface area contributed by atoms with Crippen LogP contribution in [0.15, 0.2) is 0 Å². The molecule has 98 valence electrons. The van der Waals surface area contributed by atoms with Crippen molar-refractivity contribution < 1.29 is 24.2 Å². The first kappa shape index (κ1) is 15.9. The van der Waals surface area contributed by atoms with E-state index in [1.54, 1.807) is 20.8 Å². The molecule has 6 nitrogen and oxygen atoms in total. The van der Waals surface area contributed by atoms with E-state index in [-0.39, 0.29) is 17.5 Å². The third kappa shape index (κ3) is 7.73. The minimum Gasteiger partial charge on any atom is -0.480 e. The first-order chi connectivity index (χ1) is 7.65. The van der Waals surface area contributed by atoms with Gasteiger partial charge in [-0.3, -0.25) is 4.79 Å². The number of carboxylic acid groups (broad SMARTS) is 1. The van der Waals surface area contributed by atoms with Gasteiger partial charge >= 0.3 is 12.1 Å². The molecule has 0 aromatic heterocycles. The topological polar surface area (TPSA) is 92.7 Å². The SMILES string of the molecule is CC(C)(C)OC(=O)N[C@H](CC(=O)CBr)C(=O)O. The van der Waals surface area contributed by atoms with Crippen LogP contribution in [0.1, 0.15) is 27.2 Å². The van der Waals surface area contributed by atoms with E-state index < -0.39 is 23.7 Å². The highest BCUT2D eigenvalue weighted by molar-refractivity contribution is 9.09. The summed E-state index contributed by atoms with van der Waals surface area (Å²) in [5.74, 6) is -1.58. The molecule has 0 aromatic carbocycles. The van der Waals surface area contributed by atoms with Gasteiger partial charge in [-0.15, -0.1) is 0 Å². The number of Topliss-reactive ketones (excluding diaryl/α,β-unsaturated/α-hetero) is 1. The zero-order chi connectivity index (χ0) is 13.6. The van der Waals surface area contributed by atoms with Gasteiger partial charge in [-0.05, 0) is 20.8 Å². The standard InChI is InChI=1S/C10H16BrNO5/c1-10(2,3)17-9(16)12-7(8(14)15)4-6(13)5-11/h7H,4-5H2,1-3H3,(H,12,16)(H,14,15)/t7-/m1/s1. The van der Waals surface area contributed by atoms with E-state index in [1.807, 2.05) is 0 Å². The Labute approximate surface area is 108 Å². The maximum absolute atomic E-state index is 11.3. The van der Waals surface area contributed by atoms with E-state index in [0.717, 1.165) is 0 Å². The minimum atomic E-state index is -1.27. The Morgan fingerprint density at radius 3 is 2.24 bits per heavy atom. The Hall–Kier alpha value is -1.11. The van der Waals surface area contributed by atoms with E-state index in [2.05, 4.69) is 21.2 Å². The van der Waals surface area contributed by atoms with Crippen molar-refractivity contribution in [2.75, 3.05) is 5.33 Å². The lowest BCUT2D eigenvalue weighted by Crippen LogP contribution is -2.44. The van der Waals surface area contributed by atoms with Crippen molar-refractivity contribution in [3.05, 3.63) is 0 Å². The third-order valence-electron chi connectivity index (χ3n) is 1.57. The predicted octanol–water partition coefficient (Wildman–Crippen LogP) is 1.32. The highest BCUT2D eigenvalue weighted by Gasteiger charge is 2.25. The van der Waals surface area contributed by atoms with E-state index in [9.17, 15) is 14.4 Å². The summed E-state index contributed by atoms with van der Waals surface area (Å²) < 4.78 is 4.90. The number of alkyl halides is 1. The lowest BCUT2D eigenvalue weighted by atomic mass is 10.1. The van der Waals surface area contributed by atoms with Crippen LogP contribution in [0.5, 0.6) is 0 Å². The van der Waals surface area contributed by atoms with E-state index in [4.69, 9.17) is 9.84 Å².